The summed E-state index contributed by atoms with van der Waals surface area (Å²) in [6.07, 6.45) is 2.88. The number of nitrogens with zero attached hydrogens (tertiary/aromatic N) is 1. The number of hydrogen-bond acceptors (Lipinski definition) is 3. The van der Waals surface area contributed by atoms with Gasteiger partial charge in [-0.05, 0) is 48.6 Å². The minimum absolute atomic E-state index is 0.0328. The van der Waals surface area contributed by atoms with E-state index in [0.29, 0.717) is 13.1 Å². The third-order valence-electron chi connectivity index (χ3n) is 5.19. The van der Waals surface area contributed by atoms with Crippen LogP contribution in [-0.4, -0.2) is 31.7 Å². The van der Waals surface area contributed by atoms with Crippen LogP contribution >= 0.6 is 11.6 Å². The Kier molecular flexibility index (Phi) is 6.43. The zero-order valence-electron chi connectivity index (χ0n) is 16.1. The minimum Gasteiger partial charge on any atom is -0.345 e. The van der Waals surface area contributed by atoms with E-state index in [-0.39, 0.29) is 27.4 Å². The number of carbonyl (C=O) groups is 1. The predicted molar refractivity (Wildman–Crippen MR) is 111 cm³/mol. The molecule has 0 fully saturated rings. The van der Waals surface area contributed by atoms with E-state index in [9.17, 15) is 13.2 Å². The van der Waals surface area contributed by atoms with Crippen LogP contribution in [0.4, 0.5) is 0 Å². The molecule has 0 aromatic heterocycles. The van der Waals surface area contributed by atoms with Crippen molar-refractivity contribution in [3.8, 4) is 0 Å². The summed E-state index contributed by atoms with van der Waals surface area (Å²) in [7, 11) is -3.75. The first-order valence-corrected chi connectivity index (χ1v) is 11.4. The predicted octanol–water partition coefficient (Wildman–Crippen LogP) is 4.18. The van der Waals surface area contributed by atoms with Gasteiger partial charge in [0.25, 0.3) is 5.91 Å². The molecule has 0 saturated carbocycles. The van der Waals surface area contributed by atoms with E-state index < -0.39 is 10.0 Å². The molecule has 0 heterocycles. The van der Waals surface area contributed by atoms with Gasteiger partial charge >= 0.3 is 0 Å². The van der Waals surface area contributed by atoms with E-state index >= 15 is 0 Å². The number of fused-ring (bicyclic) bond motifs is 1. The standard InChI is InChI=1S/C21H25ClN2O3S/c1-3-24(4-2)28(26,27)20-14-16(12-13-18(20)22)21(25)23-19-11-7-9-15-8-5-6-10-17(15)19/h5-6,8,10,12-14,19H,3-4,7,9,11H2,1-2H3,(H,23,25)/t19-/m1/s1. The van der Waals surface area contributed by atoms with Crippen molar-refractivity contribution in [2.24, 2.45) is 0 Å². The van der Waals surface area contributed by atoms with Gasteiger partial charge < -0.3 is 5.32 Å². The molecule has 150 valence electrons. The van der Waals surface area contributed by atoms with Gasteiger partial charge in [-0.1, -0.05) is 49.7 Å². The maximum atomic E-state index is 12.9. The Bertz CT molecular complexity index is 971. The first-order chi connectivity index (χ1) is 13.4. The van der Waals surface area contributed by atoms with Crippen LogP contribution in [0.5, 0.6) is 0 Å². The van der Waals surface area contributed by atoms with E-state index in [1.807, 2.05) is 18.2 Å². The first kappa shape index (κ1) is 20.8. The lowest BCUT2D eigenvalue weighted by atomic mass is 9.87. The Morgan fingerprint density at radius 1 is 1.18 bits per heavy atom. The highest BCUT2D eigenvalue weighted by atomic mass is 35.5. The summed E-state index contributed by atoms with van der Waals surface area (Å²) in [4.78, 5) is 12.8. The molecule has 0 unspecified atom stereocenters. The van der Waals surface area contributed by atoms with E-state index in [1.165, 1.54) is 22.0 Å². The fourth-order valence-electron chi connectivity index (χ4n) is 3.69. The van der Waals surface area contributed by atoms with Crippen LogP contribution in [0.15, 0.2) is 47.4 Å². The van der Waals surface area contributed by atoms with Crippen molar-refractivity contribution in [2.75, 3.05) is 13.1 Å². The van der Waals surface area contributed by atoms with E-state index in [2.05, 4.69) is 11.4 Å². The molecule has 0 saturated heterocycles. The Balaban J connectivity index is 1.88. The summed E-state index contributed by atoms with van der Waals surface area (Å²) in [5.74, 6) is -0.297. The molecule has 1 atom stereocenters. The molecule has 3 rings (SSSR count). The van der Waals surface area contributed by atoms with Gasteiger partial charge in [-0.3, -0.25) is 4.79 Å². The Hall–Kier alpha value is -1.89. The van der Waals surface area contributed by atoms with E-state index in [0.717, 1.165) is 24.8 Å². The number of benzene rings is 2. The van der Waals surface area contributed by atoms with Gasteiger partial charge in [-0.25, -0.2) is 8.42 Å². The van der Waals surface area contributed by atoms with Crippen molar-refractivity contribution in [1.29, 1.82) is 0 Å². The van der Waals surface area contributed by atoms with Crippen molar-refractivity contribution >= 4 is 27.5 Å². The third kappa shape index (κ3) is 4.09. The summed E-state index contributed by atoms with van der Waals surface area (Å²) in [6, 6.07) is 12.4. The zero-order valence-corrected chi connectivity index (χ0v) is 17.7. The fourth-order valence-corrected chi connectivity index (χ4v) is 5.65. The summed E-state index contributed by atoms with van der Waals surface area (Å²) in [5, 5.41) is 3.17. The van der Waals surface area contributed by atoms with Gasteiger partial charge in [0, 0.05) is 18.7 Å². The van der Waals surface area contributed by atoms with Crippen LogP contribution in [0.3, 0.4) is 0 Å². The number of rotatable bonds is 6. The molecule has 28 heavy (non-hydrogen) atoms. The molecule has 0 radical (unpaired) electrons. The molecule has 5 nitrogen and oxygen atoms in total. The number of nitrogens with one attached hydrogen (secondary N) is 1. The lowest BCUT2D eigenvalue weighted by molar-refractivity contribution is 0.0932. The fraction of sp³-hybridized carbons (Fsp3) is 0.381. The van der Waals surface area contributed by atoms with Crippen LogP contribution in [0.2, 0.25) is 5.02 Å². The molecule has 0 aliphatic heterocycles. The van der Waals surface area contributed by atoms with Crippen molar-refractivity contribution < 1.29 is 13.2 Å². The van der Waals surface area contributed by atoms with E-state index in [4.69, 9.17) is 11.6 Å². The summed E-state index contributed by atoms with van der Waals surface area (Å²) < 4.78 is 27.0. The van der Waals surface area contributed by atoms with Gasteiger partial charge in [-0.15, -0.1) is 0 Å². The average molecular weight is 421 g/mol. The SMILES string of the molecule is CCN(CC)S(=O)(=O)c1cc(C(=O)N[C@@H]2CCCc3ccccc32)ccc1Cl. The number of aryl methyl sites for hydroxylation is 1. The Morgan fingerprint density at radius 3 is 2.61 bits per heavy atom. The number of sulfonamides is 1. The Morgan fingerprint density at radius 2 is 1.89 bits per heavy atom. The highest BCUT2D eigenvalue weighted by Gasteiger charge is 2.27. The van der Waals surface area contributed by atoms with Crippen molar-refractivity contribution in [2.45, 2.75) is 44.0 Å². The molecular weight excluding hydrogens is 396 g/mol. The van der Waals surface area contributed by atoms with Gasteiger partial charge in [-0.2, -0.15) is 4.31 Å². The maximum Gasteiger partial charge on any atom is 0.251 e. The monoisotopic (exact) mass is 420 g/mol. The maximum absolute atomic E-state index is 12.9. The highest BCUT2D eigenvalue weighted by molar-refractivity contribution is 7.89. The van der Waals surface area contributed by atoms with Crippen molar-refractivity contribution in [3.63, 3.8) is 0 Å². The number of hydrogen-bond donors (Lipinski definition) is 1. The topological polar surface area (TPSA) is 66.5 Å². The smallest absolute Gasteiger partial charge is 0.251 e. The van der Waals surface area contributed by atoms with Crippen LogP contribution in [0.25, 0.3) is 0 Å². The lowest BCUT2D eigenvalue weighted by Crippen LogP contribution is -2.32. The normalized spacial score (nSPS) is 16.6. The lowest BCUT2D eigenvalue weighted by Gasteiger charge is -2.26. The molecule has 1 aliphatic rings. The van der Waals surface area contributed by atoms with Crippen molar-refractivity contribution in [3.05, 3.63) is 64.2 Å². The molecule has 2 aromatic rings. The molecule has 1 aliphatic carbocycles. The summed E-state index contributed by atoms with van der Waals surface area (Å²) in [6.45, 7) is 4.22. The number of carbonyl (C=O) groups excluding carboxylic acids is 1. The highest BCUT2D eigenvalue weighted by Crippen LogP contribution is 2.30. The molecule has 1 N–H and O–H groups in total. The number of amides is 1. The zero-order chi connectivity index (χ0) is 20.3. The van der Waals surface area contributed by atoms with Crippen LogP contribution in [-0.2, 0) is 16.4 Å². The van der Waals surface area contributed by atoms with Gasteiger partial charge in [0.05, 0.1) is 11.1 Å². The van der Waals surface area contributed by atoms with Gasteiger partial charge in [0.2, 0.25) is 10.0 Å². The largest absolute Gasteiger partial charge is 0.345 e. The summed E-state index contributed by atoms with van der Waals surface area (Å²) in [5.41, 5.74) is 2.67. The van der Waals surface area contributed by atoms with Crippen LogP contribution < -0.4 is 5.32 Å². The van der Waals surface area contributed by atoms with Gasteiger partial charge in [0.15, 0.2) is 0 Å². The first-order valence-electron chi connectivity index (χ1n) is 9.56. The number of halogens is 1. The van der Waals surface area contributed by atoms with Gasteiger partial charge in [0.1, 0.15) is 4.90 Å². The molecule has 0 spiro atoms. The third-order valence-corrected chi connectivity index (χ3v) is 7.72. The molecule has 7 heteroatoms. The minimum atomic E-state index is -3.75. The van der Waals surface area contributed by atoms with Crippen LogP contribution in [0, 0.1) is 0 Å². The second kappa shape index (κ2) is 8.64. The second-order valence-electron chi connectivity index (χ2n) is 6.85. The second-order valence-corrected chi connectivity index (χ2v) is 9.17. The summed E-state index contributed by atoms with van der Waals surface area (Å²) >= 11 is 6.16. The molecule has 1 amide bonds. The van der Waals surface area contributed by atoms with Crippen molar-refractivity contribution in [1.82, 2.24) is 9.62 Å². The Labute approximate surface area is 171 Å². The molecule has 0 bridgehead atoms. The molecular formula is C21H25ClN2O3S. The molecule has 2 aromatic carbocycles. The van der Waals surface area contributed by atoms with E-state index in [1.54, 1.807) is 19.9 Å². The average Bonchev–Trinajstić information content (AvgIpc) is 2.69. The van der Waals surface area contributed by atoms with Crippen LogP contribution in [0.1, 0.15) is 54.2 Å². The quantitative estimate of drug-likeness (QED) is 0.762.